The summed E-state index contributed by atoms with van der Waals surface area (Å²) in [5, 5.41) is 3.09. The van der Waals surface area contributed by atoms with E-state index in [0.717, 1.165) is 38.5 Å². The summed E-state index contributed by atoms with van der Waals surface area (Å²) in [4.78, 5) is 0. The minimum absolute atomic E-state index is 0. The Kier molecular flexibility index (Phi) is 11.7. The van der Waals surface area contributed by atoms with Crippen LogP contribution in [0.3, 0.4) is 0 Å². The molecule has 6 rings (SSSR count). The van der Waals surface area contributed by atoms with Crippen molar-refractivity contribution in [3.63, 3.8) is 0 Å². The molecule has 0 saturated heterocycles. The Hall–Kier alpha value is -2.31. The third-order valence-electron chi connectivity index (χ3n) is 9.84. The van der Waals surface area contributed by atoms with E-state index in [2.05, 4.69) is 132 Å². The van der Waals surface area contributed by atoms with Gasteiger partial charge in [-0.1, -0.05) is 0 Å². The van der Waals surface area contributed by atoms with Gasteiger partial charge >= 0.3 is 265 Å². The Morgan fingerprint density at radius 3 is 1.91 bits per heavy atom. The molecule has 3 aromatic carbocycles. The quantitative estimate of drug-likeness (QED) is 0.323. The second-order valence-corrected chi connectivity index (χ2v) is 14.9. The molecule has 0 aromatic heterocycles. The first-order chi connectivity index (χ1) is 20.6. The molecule has 0 aliphatic heterocycles. The second kappa shape index (κ2) is 14.9. The van der Waals surface area contributed by atoms with Gasteiger partial charge in [-0.15, -0.1) is 0 Å². The van der Waals surface area contributed by atoms with Gasteiger partial charge < -0.3 is 24.8 Å². The number of rotatable bonds is 9. The monoisotopic (exact) mass is 695 g/mol. The van der Waals surface area contributed by atoms with Crippen LogP contribution in [0.4, 0.5) is 0 Å². The van der Waals surface area contributed by atoms with Crippen LogP contribution in [0.15, 0.2) is 119 Å². The summed E-state index contributed by atoms with van der Waals surface area (Å²) in [6.07, 6.45) is 16.4. The van der Waals surface area contributed by atoms with Gasteiger partial charge in [0.25, 0.3) is 0 Å². The molecule has 3 aliphatic carbocycles. The zero-order valence-corrected chi connectivity index (χ0v) is 30.7. The predicted octanol–water partition coefficient (Wildman–Crippen LogP) is 2.78. The van der Waals surface area contributed by atoms with Crippen LogP contribution in [0.25, 0.3) is 8.85 Å². The molecule has 0 saturated carbocycles. The van der Waals surface area contributed by atoms with Gasteiger partial charge in [-0.05, 0) is 0 Å². The first-order valence-corrected chi connectivity index (χ1v) is 18.5. The van der Waals surface area contributed by atoms with Crippen molar-refractivity contribution in [3.05, 3.63) is 152 Å². The number of fused-ring (bicyclic) bond motifs is 2. The summed E-state index contributed by atoms with van der Waals surface area (Å²) in [5.41, 5.74) is 13.8. The molecule has 0 fully saturated rings. The molecule has 0 unspecified atom stereocenters. The minimum atomic E-state index is -1.29. The SMILES string of the molecule is CCC1=CC2=c3c(CC)cc(CC)cc3=[C]([Zr+2]=[C](c3ccccc3)c3ccccc3)C2=C(C2=CC=CC2)C1(CC)CC.[Cl-].[Cl-]. The molecule has 0 spiro atoms. The first-order valence-electron chi connectivity index (χ1n) is 16.1. The van der Waals surface area contributed by atoms with Crippen molar-refractivity contribution in [2.45, 2.75) is 73.1 Å². The maximum Gasteiger partial charge on any atom is -1.00 e. The maximum absolute atomic E-state index is 2.66. The van der Waals surface area contributed by atoms with Crippen molar-refractivity contribution in [1.29, 1.82) is 0 Å². The van der Waals surface area contributed by atoms with Gasteiger partial charge in [-0.2, -0.15) is 0 Å². The average molecular weight is 698 g/mol. The van der Waals surface area contributed by atoms with Crippen LogP contribution in [0.2, 0.25) is 0 Å². The molecule has 225 valence electrons. The van der Waals surface area contributed by atoms with Crippen LogP contribution >= 0.6 is 0 Å². The van der Waals surface area contributed by atoms with Crippen LogP contribution in [-0.2, 0) is 35.6 Å². The van der Waals surface area contributed by atoms with E-state index in [0.29, 0.717) is 0 Å². The Morgan fingerprint density at radius 2 is 1.41 bits per heavy atom. The normalized spacial score (nSPS) is 15.9. The van der Waals surface area contributed by atoms with Gasteiger partial charge in [0.15, 0.2) is 0 Å². The minimum Gasteiger partial charge on any atom is -1.00 e. The molecule has 0 bridgehead atoms. The summed E-state index contributed by atoms with van der Waals surface area (Å²) in [6, 6.07) is 27.6. The van der Waals surface area contributed by atoms with Crippen molar-refractivity contribution in [2.24, 2.45) is 5.41 Å². The molecule has 3 aromatic rings. The smallest absolute Gasteiger partial charge is 1.00 e. The van der Waals surface area contributed by atoms with Gasteiger partial charge in [0.1, 0.15) is 0 Å². The summed E-state index contributed by atoms with van der Waals surface area (Å²) in [5.74, 6) is 0. The predicted molar refractivity (Wildman–Crippen MR) is 178 cm³/mol. The second-order valence-electron chi connectivity index (χ2n) is 11.8. The van der Waals surface area contributed by atoms with Crippen molar-refractivity contribution in [2.75, 3.05) is 0 Å². The van der Waals surface area contributed by atoms with Gasteiger partial charge in [0.2, 0.25) is 0 Å². The van der Waals surface area contributed by atoms with Crippen molar-refractivity contribution in [1.82, 2.24) is 0 Å². The number of halogens is 2. The standard InChI is InChI=1S/C28H33.C13H10.2ClH.Zr/c1-6-19-15-20(7-2)26-22(16-19)17-25-24(26)18-23(8-3)28(9-4,10-5)27(25)21-13-11-12-14-21;1-3-7-12(8-4-1)11-13-9-5-2-6-10-13;;;/h11-13,15-16,18H,6-10,14H2,1-5H3;1-10H;2*1H;/q;;;;+2/p-2. The molecular weight excluding hydrogens is 655 g/mol. The van der Waals surface area contributed by atoms with E-state index in [1.807, 2.05) is 0 Å². The maximum atomic E-state index is 2.66. The van der Waals surface area contributed by atoms with Crippen LogP contribution in [0, 0.1) is 5.41 Å². The van der Waals surface area contributed by atoms with Crippen LogP contribution in [0.1, 0.15) is 82.6 Å². The van der Waals surface area contributed by atoms with E-state index in [1.54, 1.807) is 34.0 Å². The molecule has 0 radical (unpaired) electrons. The van der Waals surface area contributed by atoms with Crippen LogP contribution in [-0.4, -0.2) is 3.21 Å². The molecular formula is C41H43Cl2Zr. The Balaban J connectivity index is 0.00000221. The fraction of sp³-hybridized carbons (Fsp3) is 0.293. The molecule has 0 amide bonds. The van der Waals surface area contributed by atoms with E-state index < -0.39 is 22.8 Å². The number of aryl methyl sites for hydroxylation is 2. The summed E-state index contributed by atoms with van der Waals surface area (Å²) < 4.78 is 3.27. The van der Waals surface area contributed by atoms with E-state index in [-0.39, 0.29) is 30.2 Å². The number of hydrogen-bond acceptors (Lipinski definition) is 0. The largest absolute Gasteiger partial charge is 1.00 e. The molecule has 3 aliphatic rings. The van der Waals surface area contributed by atoms with E-state index in [1.165, 1.54) is 33.0 Å². The third kappa shape index (κ3) is 5.86. The van der Waals surface area contributed by atoms with E-state index in [4.69, 9.17) is 0 Å². The zero-order chi connectivity index (χ0) is 29.3. The average Bonchev–Trinajstić information content (AvgIpc) is 3.69. The fourth-order valence-electron chi connectivity index (χ4n) is 7.65. The topological polar surface area (TPSA) is 0 Å². The number of benzene rings is 3. The van der Waals surface area contributed by atoms with Crippen molar-refractivity contribution in [3.8, 4) is 0 Å². The van der Waals surface area contributed by atoms with Crippen molar-refractivity contribution >= 4 is 12.1 Å². The van der Waals surface area contributed by atoms with E-state index in [9.17, 15) is 0 Å². The molecule has 0 heterocycles. The van der Waals surface area contributed by atoms with Crippen molar-refractivity contribution < 1.29 is 47.6 Å². The van der Waals surface area contributed by atoms with Crippen LogP contribution in [0.5, 0.6) is 0 Å². The first kappa shape index (κ1) is 34.6. The van der Waals surface area contributed by atoms with Gasteiger partial charge in [-0.25, -0.2) is 0 Å². The Morgan fingerprint density at radius 1 is 0.773 bits per heavy atom. The molecule has 44 heavy (non-hydrogen) atoms. The van der Waals surface area contributed by atoms with Gasteiger partial charge in [0.05, 0.1) is 0 Å². The van der Waals surface area contributed by atoms with Gasteiger partial charge in [-0.3, -0.25) is 0 Å². The van der Waals surface area contributed by atoms with Crippen LogP contribution < -0.4 is 35.3 Å². The van der Waals surface area contributed by atoms with E-state index >= 15 is 0 Å². The third-order valence-corrected chi connectivity index (χ3v) is 13.8. The molecule has 0 atom stereocenters. The number of hydrogen-bond donors (Lipinski definition) is 0. The molecule has 0 N–H and O–H groups in total. The number of allylic oxidation sites excluding steroid dienone is 8. The Bertz CT molecular complexity index is 1760. The molecule has 0 nitrogen and oxygen atoms in total. The Labute approximate surface area is 288 Å². The summed E-state index contributed by atoms with van der Waals surface area (Å²) >= 11 is -1.29. The summed E-state index contributed by atoms with van der Waals surface area (Å²) in [7, 11) is 0. The fourth-order valence-corrected chi connectivity index (χ4v) is 11.6. The molecule has 3 heteroatoms. The summed E-state index contributed by atoms with van der Waals surface area (Å²) in [6.45, 7) is 11.9. The zero-order valence-electron chi connectivity index (χ0n) is 26.7. The van der Waals surface area contributed by atoms with Gasteiger partial charge in [0, 0.05) is 0 Å².